The van der Waals surface area contributed by atoms with Gasteiger partial charge in [-0.3, -0.25) is 4.55 Å². The fraction of sp³-hybridized carbons (Fsp3) is 0. The molecule has 1 aromatic rings. The molecule has 0 heterocycles. The minimum Gasteiger partial charge on any atom is -0.508 e. The van der Waals surface area contributed by atoms with Crippen LogP contribution in [-0.2, 0) is 10.1 Å². The summed E-state index contributed by atoms with van der Waals surface area (Å²) in [5.41, 5.74) is 0. The predicted molar refractivity (Wildman–Crippen MR) is 50.6 cm³/mol. The molecule has 0 aromatic heterocycles. The monoisotopic (exact) mass is 300 g/mol. The fourth-order valence-corrected chi connectivity index (χ4v) is 2.11. The summed E-state index contributed by atoms with van der Waals surface area (Å²) >= 11 is 1.84. The summed E-state index contributed by atoms with van der Waals surface area (Å²) in [6, 6.07) is 3.63. The Kier molecular flexibility index (Phi) is 2.59. The molecular weight excluding hydrogens is 295 g/mol. The molecule has 0 fully saturated rings. The van der Waals surface area contributed by atoms with Crippen molar-refractivity contribution in [1.82, 2.24) is 0 Å². The third-order valence-corrected chi connectivity index (χ3v) is 2.61. The maximum absolute atomic E-state index is 10.6. The van der Waals surface area contributed by atoms with Crippen LogP contribution >= 0.6 is 22.6 Å². The molecule has 0 saturated carbocycles. The summed E-state index contributed by atoms with van der Waals surface area (Å²) in [7, 11) is -4.21. The van der Waals surface area contributed by atoms with Crippen molar-refractivity contribution in [3.05, 3.63) is 21.8 Å². The van der Waals surface area contributed by atoms with Crippen molar-refractivity contribution in [1.29, 1.82) is 0 Å². The SMILES string of the molecule is O=S(=O)(O)c1cc(O)cc(I)c1. The number of halogens is 1. The summed E-state index contributed by atoms with van der Waals surface area (Å²) in [6.45, 7) is 0. The second-order valence-corrected chi connectivity index (χ2v) is 4.79. The van der Waals surface area contributed by atoms with E-state index in [4.69, 9.17) is 9.66 Å². The molecule has 0 atom stereocenters. The molecule has 0 aliphatic rings. The van der Waals surface area contributed by atoms with E-state index in [1.54, 1.807) is 0 Å². The van der Waals surface area contributed by atoms with Gasteiger partial charge in [-0.15, -0.1) is 0 Å². The number of hydrogen-bond acceptors (Lipinski definition) is 3. The summed E-state index contributed by atoms with van der Waals surface area (Å²) < 4.78 is 30.3. The van der Waals surface area contributed by atoms with Gasteiger partial charge in [-0.1, -0.05) is 0 Å². The van der Waals surface area contributed by atoms with Gasteiger partial charge < -0.3 is 5.11 Å². The van der Waals surface area contributed by atoms with E-state index >= 15 is 0 Å². The topological polar surface area (TPSA) is 74.6 Å². The molecule has 2 N–H and O–H groups in total. The summed E-state index contributed by atoms with van der Waals surface area (Å²) in [5, 5.41) is 8.98. The Morgan fingerprint density at radius 2 is 1.83 bits per heavy atom. The third kappa shape index (κ3) is 2.32. The second-order valence-electron chi connectivity index (χ2n) is 2.12. The second kappa shape index (κ2) is 3.19. The molecule has 0 bridgehead atoms. The molecule has 1 rings (SSSR count). The zero-order valence-corrected chi connectivity index (χ0v) is 8.70. The number of hydrogen-bond donors (Lipinski definition) is 2. The van der Waals surface area contributed by atoms with Crippen molar-refractivity contribution >= 4 is 32.7 Å². The van der Waals surface area contributed by atoms with Gasteiger partial charge in [-0.05, 0) is 34.7 Å². The normalized spacial score (nSPS) is 11.5. The van der Waals surface area contributed by atoms with Crippen molar-refractivity contribution in [2.24, 2.45) is 0 Å². The lowest BCUT2D eigenvalue weighted by Gasteiger charge is -1.98. The predicted octanol–water partition coefficient (Wildman–Crippen LogP) is 1.24. The van der Waals surface area contributed by atoms with Gasteiger partial charge in [0.2, 0.25) is 0 Å². The number of phenolic OH excluding ortho intramolecular Hbond substituents is 1. The lowest BCUT2D eigenvalue weighted by molar-refractivity contribution is 0.465. The van der Waals surface area contributed by atoms with Gasteiger partial charge >= 0.3 is 0 Å². The zero-order chi connectivity index (χ0) is 9.35. The molecule has 6 heteroatoms. The van der Waals surface area contributed by atoms with Crippen LogP contribution in [0.25, 0.3) is 0 Å². The highest BCUT2D eigenvalue weighted by molar-refractivity contribution is 14.1. The maximum atomic E-state index is 10.6. The number of aromatic hydroxyl groups is 1. The Labute approximate surface area is 83.1 Å². The average Bonchev–Trinajstić information content (AvgIpc) is 1.82. The number of phenols is 1. The summed E-state index contributed by atoms with van der Waals surface area (Å²) in [6.07, 6.45) is 0. The molecule has 0 unspecified atom stereocenters. The van der Waals surface area contributed by atoms with Gasteiger partial charge in [0.05, 0.1) is 4.90 Å². The van der Waals surface area contributed by atoms with Gasteiger partial charge in [0, 0.05) is 9.64 Å². The first-order valence-electron chi connectivity index (χ1n) is 2.86. The Hall–Kier alpha value is -0.340. The van der Waals surface area contributed by atoms with E-state index < -0.39 is 10.1 Å². The molecule has 4 nitrogen and oxygen atoms in total. The highest BCUT2D eigenvalue weighted by atomic mass is 127. The maximum Gasteiger partial charge on any atom is 0.294 e. The van der Waals surface area contributed by atoms with Gasteiger partial charge in [-0.2, -0.15) is 8.42 Å². The molecule has 0 spiro atoms. The molecule has 66 valence electrons. The molecule has 0 radical (unpaired) electrons. The minimum atomic E-state index is -4.21. The van der Waals surface area contributed by atoms with Gasteiger partial charge in [0.1, 0.15) is 5.75 Å². The van der Waals surface area contributed by atoms with E-state index in [1.807, 2.05) is 22.6 Å². The van der Waals surface area contributed by atoms with Crippen molar-refractivity contribution in [3.8, 4) is 5.75 Å². The largest absolute Gasteiger partial charge is 0.508 e. The molecule has 12 heavy (non-hydrogen) atoms. The molecule has 0 saturated heterocycles. The Bertz CT molecular complexity index is 378. The Morgan fingerprint density at radius 1 is 1.25 bits per heavy atom. The van der Waals surface area contributed by atoms with Crippen LogP contribution in [0.3, 0.4) is 0 Å². The third-order valence-electron chi connectivity index (χ3n) is 1.15. The van der Waals surface area contributed by atoms with E-state index in [0.717, 1.165) is 6.07 Å². The van der Waals surface area contributed by atoms with Crippen molar-refractivity contribution in [2.75, 3.05) is 0 Å². The smallest absolute Gasteiger partial charge is 0.294 e. The highest BCUT2D eigenvalue weighted by Crippen LogP contribution is 2.20. The molecular formula is C6H5IO4S. The number of rotatable bonds is 1. The van der Waals surface area contributed by atoms with Gasteiger partial charge in [0.15, 0.2) is 0 Å². The molecule has 0 amide bonds. The lowest BCUT2D eigenvalue weighted by Crippen LogP contribution is -1.97. The van der Waals surface area contributed by atoms with E-state index in [0.29, 0.717) is 3.57 Å². The summed E-state index contributed by atoms with van der Waals surface area (Å²) in [5.74, 6) is -0.186. The Balaban J connectivity index is 3.37. The van der Waals surface area contributed by atoms with E-state index in [2.05, 4.69) is 0 Å². The van der Waals surface area contributed by atoms with Gasteiger partial charge in [0.25, 0.3) is 10.1 Å². The van der Waals surface area contributed by atoms with Crippen LogP contribution in [-0.4, -0.2) is 18.1 Å². The average molecular weight is 300 g/mol. The summed E-state index contributed by atoms with van der Waals surface area (Å²) in [4.78, 5) is -0.299. The molecule has 0 aliphatic heterocycles. The van der Waals surface area contributed by atoms with E-state index in [9.17, 15) is 8.42 Å². The first-order valence-corrected chi connectivity index (χ1v) is 5.38. The van der Waals surface area contributed by atoms with E-state index in [1.165, 1.54) is 12.1 Å². The van der Waals surface area contributed by atoms with Crippen LogP contribution in [0.2, 0.25) is 0 Å². The zero-order valence-electron chi connectivity index (χ0n) is 5.73. The minimum absolute atomic E-state index is 0.186. The Morgan fingerprint density at radius 3 is 2.25 bits per heavy atom. The molecule has 1 aromatic carbocycles. The fourth-order valence-electron chi connectivity index (χ4n) is 0.697. The lowest BCUT2D eigenvalue weighted by atomic mass is 10.3. The highest BCUT2D eigenvalue weighted by Gasteiger charge is 2.10. The van der Waals surface area contributed by atoms with Crippen LogP contribution in [0.5, 0.6) is 5.75 Å². The first kappa shape index (κ1) is 9.75. The first-order chi connectivity index (χ1) is 5.39. The van der Waals surface area contributed by atoms with E-state index in [-0.39, 0.29) is 10.6 Å². The van der Waals surface area contributed by atoms with Crippen LogP contribution in [0.1, 0.15) is 0 Å². The van der Waals surface area contributed by atoms with Gasteiger partial charge in [-0.25, -0.2) is 0 Å². The number of benzene rings is 1. The van der Waals surface area contributed by atoms with Crippen molar-refractivity contribution < 1.29 is 18.1 Å². The standard InChI is InChI=1S/C6H5IO4S/c7-4-1-5(8)3-6(2-4)12(9,10)11/h1-3,8H,(H,9,10,11). The molecule has 0 aliphatic carbocycles. The quantitative estimate of drug-likeness (QED) is 0.604. The van der Waals surface area contributed by atoms with Crippen LogP contribution in [0, 0.1) is 3.57 Å². The van der Waals surface area contributed by atoms with Crippen LogP contribution in [0.4, 0.5) is 0 Å². The van der Waals surface area contributed by atoms with Crippen LogP contribution < -0.4 is 0 Å². The van der Waals surface area contributed by atoms with Crippen molar-refractivity contribution in [3.63, 3.8) is 0 Å². The van der Waals surface area contributed by atoms with Crippen molar-refractivity contribution in [2.45, 2.75) is 4.90 Å². The van der Waals surface area contributed by atoms with Crippen LogP contribution in [0.15, 0.2) is 23.1 Å².